The first-order chi connectivity index (χ1) is 8.87. The quantitative estimate of drug-likeness (QED) is 0.834. The highest BCUT2D eigenvalue weighted by molar-refractivity contribution is 7.10. The Morgan fingerprint density at radius 2 is 2.16 bits per heavy atom. The van der Waals surface area contributed by atoms with E-state index in [0.717, 1.165) is 4.88 Å². The van der Waals surface area contributed by atoms with Gasteiger partial charge in [-0.1, -0.05) is 6.07 Å². The zero-order valence-corrected chi connectivity index (χ0v) is 12.3. The Morgan fingerprint density at radius 3 is 2.68 bits per heavy atom. The summed E-state index contributed by atoms with van der Waals surface area (Å²) in [5.41, 5.74) is 0.140. The Hall–Kier alpha value is -1.42. The molecular weight excluding hydrogens is 258 g/mol. The number of carbonyl (C=O) groups is 1. The van der Waals surface area contributed by atoms with Crippen LogP contribution in [0.1, 0.15) is 44.4 Å². The van der Waals surface area contributed by atoms with E-state index in [0.29, 0.717) is 18.4 Å². The standard InChI is InChI=1S/C15H19NO2S/c1-15(2,3)16-9-11-12(17)7-10(8-13(11)18)14-5-4-6-19-14/h4-6,9-10,17H,7-8H2,1-3H3. The molecule has 1 aromatic rings. The Balaban J connectivity index is 2.20. The van der Waals surface area contributed by atoms with Crippen molar-refractivity contribution in [2.45, 2.75) is 45.1 Å². The number of carbonyl (C=O) groups excluding carboxylic acids is 1. The molecule has 19 heavy (non-hydrogen) atoms. The minimum atomic E-state index is -0.238. The van der Waals surface area contributed by atoms with E-state index < -0.39 is 0 Å². The van der Waals surface area contributed by atoms with E-state index >= 15 is 0 Å². The van der Waals surface area contributed by atoms with Gasteiger partial charge in [-0.3, -0.25) is 9.79 Å². The first kappa shape index (κ1) is 14.0. The van der Waals surface area contributed by atoms with Crippen molar-refractivity contribution in [1.82, 2.24) is 0 Å². The molecule has 0 saturated carbocycles. The summed E-state index contributed by atoms with van der Waals surface area (Å²) in [5, 5.41) is 12.1. The van der Waals surface area contributed by atoms with Crippen molar-refractivity contribution in [1.29, 1.82) is 0 Å². The SMILES string of the molecule is CC(C)(C)N=CC1=C(O)CC(c2cccs2)CC1=O. The van der Waals surface area contributed by atoms with Gasteiger partial charge in [0.1, 0.15) is 5.76 Å². The van der Waals surface area contributed by atoms with Crippen molar-refractivity contribution in [2.75, 3.05) is 0 Å². The van der Waals surface area contributed by atoms with E-state index in [1.54, 1.807) is 11.3 Å². The number of Topliss-reactive ketones (excluding diaryl/α,β-unsaturated/α-hetero) is 1. The van der Waals surface area contributed by atoms with Crippen LogP contribution in [0.3, 0.4) is 0 Å². The van der Waals surface area contributed by atoms with Gasteiger partial charge in [0.2, 0.25) is 0 Å². The summed E-state index contributed by atoms with van der Waals surface area (Å²) in [4.78, 5) is 17.6. The predicted molar refractivity (Wildman–Crippen MR) is 79.2 cm³/mol. The van der Waals surface area contributed by atoms with Crippen LogP contribution in [0.4, 0.5) is 0 Å². The predicted octanol–water partition coefficient (Wildman–Crippen LogP) is 3.88. The lowest BCUT2D eigenvalue weighted by Crippen LogP contribution is -2.20. The topological polar surface area (TPSA) is 49.7 Å². The summed E-state index contributed by atoms with van der Waals surface area (Å²) in [7, 11) is 0. The molecule has 0 fully saturated rings. The highest BCUT2D eigenvalue weighted by atomic mass is 32.1. The first-order valence-electron chi connectivity index (χ1n) is 6.41. The number of ketones is 1. The number of aliphatic imine (C=N–C) groups is 1. The highest BCUT2D eigenvalue weighted by Crippen LogP contribution is 2.35. The molecule has 1 aliphatic rings. The van der Waals surface area contributed by atoms with E-state index in [-0.39, 0.29) is 23.0 Å². The van der Waals surface area contributed by atoms with Crippen LogP contribution in [-0.4, -0.2) is 22.6 Å². The maximum Gasteiger partial charge on any atom is 0.168 e. The molecule has 0 aromatic carbocycles. The molecule has 2 rings (SSSR count). The lowest BCUT2D eigenvalue weighted by atomic mass is 9.86. The summed E-state index contributed by atoms with van der Waals surface area (Å²) in [6, 6.07) is 3.99. The zero-order valence-electron chi connectivity index (χ0n) is 11.5. The molecule has 1 atom stereocenters. The van der Waals surface area contributed by atoms with Crippen molar-refractivity contribution in [3.8, 4) is 0 Å². The summed E-state index contributed by atoms with van der Waals surface area (Å²) in [6.45, 7) is 5.88. The van der Waals surface area contributed by atoms with Gasteiger partial charge in [-0.05, 0) is 32.2 Å². The van der Waals surface area contributed by atoms with Gasteiger partial charge in [-0.2, -0.15) is 0 Å². The normalized spacial score (nSPS) is 21.4. The molecule has 1 unspecified atom stereocenters. The van der Waals surface area contributed by atoms with Crippen LogP contribution in [0.5, 0.6) is 0 Å². The summed E-state index contributed by atoms with van der Waals surface area (Å²) >= 11 is 1.63. The average molecular weight is 277 g/mol. The smallest absolute Gasteiger partial charge is 0.168 e. The van der Waals surface area contributed by atoms with Crippen molar-refractivity contribution in [3.63, 3.8) is 0 Å². The van der Waals surface area contributed by atoms with Crippen molar-refractivity contribution < 1.29 is 9.90 Å². The summed E-state index contributed by atoms with van der Waals surface area (Å²) in [6.07, 6.45) is 2.51. The van der Waals surface area contributed by atoms with Gasteiger partial charge in [0, 0.05) is 29.9 Å². The first-order valence-corrected chi connectivity index (χ1v) is 7.29. The zero-order chi connectivity index (χ0) is 14.0. The third-order valence-corrected chi connectivity index (χ3v) is 4.04. The molecule has 0 bridgehead atoms. The molecule has 1 N–H and O–H groups in total. The number of aliphatic hydroxyl groups is 1. The molecule has 1 aliphatic carbocycles. The molecular formula is C15H19NO2S. The second kappa shape index (κ2) is 5.29. The van der Waals surface area contributed by atoms with E-state index in [1.807, 2.05) is 38.3 Å². The van der Waals surface area contributed by atoms with Crippen LogP contribution >= 0.6 is 11.3 Å². The van der Waals surface area contributed by atoms with Crippen LogP contribution < -0.4 is 0 Å². The molecule has 4 heteroatoms. The number of hydrogen-bond acceptors (Lipinski definition) is 4. The van der Waals surface area contributed by atoms with Crippen LogP contribution in [0.25, 0.3) is 0 Å². The van der Waals surface area contributed by atoms with E-state index in [9.17, 15) is 9.90 Å². The van der Waals surface area contributed by atoms with Crippen LogP contribution in [0.2, 0.25) is 0 Å². The number of rotatable bonds is 2. The van der Waals surface area contributed by atoms with Crippen LogP contribution in [0, 0.1) is 0 Å². The van der Waals surface area contributed by atoms with Gasteiger partial charge >= 0.3 is 0 Å². The molecule has 0 aliphatic heterocycles. The lowest BCUT2D eigenvalue weighted by Gasteiger charge is -2.21. The molecule has 102 valence electrons. The maximum absolute atomic E-state index is 12.1. The van der Waals surface area contributed by atoms with E-state index in [2.05, 4.69) is 4.99 Å². The number of hydrogen-bond donors (Lipinski definition) is 1. The fraction of sp³-hybridized carbons (Fsp3) is 0.467. The molecule has 0 radical (unpaired) electrons. The van der Waals surface area contributed by atoms with E-state index in [1.165, 1.54) is 6.21 Å². The van der Waals surface area contributed by atoms with Crippen LogP contribution in [-0.2, 0) is 4.79 Å². The number of allylic oxidation sites excluding steroid dienone is 2. The number of aliphatic hydroxyl groups excluding tert-OH is 1. The summed E-state index contributed by atoms with van der Waals surface area (Å²) < 4.78 is 0. The molecule has 0 spiro atoms. The Labute approximate surface area is 117 Å². The minimum absolute atomic E-state index is 0.0184. The monoisotopic (exact) mass is 277 g/mol. The largest absolute Gasteiger partial charge is 0.511 e. The maximum atomic E-state index is 12.1. The summed E-state index contributed by atoms with van der Waals surface area (Å²) in [5.74, 6) is 0.261. The third-order valence-electron chi connectivity index (χ3n) is 3.01. The molecule has 1 aromatic heterocycles. The number of nitrogens with zero attached hydrogens (tertiary/aromatic N) is 1. The minimum Gasteiger partial charge on any atom is -0.511 e. The van der Waals surface area contributed by atoms with Gasteiger partial charge in [0.15, 0.2) is 5.78 Å². The Kier molecular flexibility index (Phi) is 3.90. The second-order valence-electron chi connectivity index (χ2n) is 5.83. The van der Waals surface area contributed by atoms with Crippen molar-refractivity contribution >= 4 is 23.3 Å². The van der Waals surface area contributed by atoms with Crippen molar-refractivity contribution in [3.05, 3.63) is 33.7 Å². The molecule has 1 heterocycles. The van der Waals surface area contributed by atoms with Gasteiger partial charge in [-0.15, -0.1) is 11.3 Å². The van der Waals surface area contributed by atoms with Gasteiger partial charge in [-0.25, -0.2) is 0 Å². The fourth-order valence-electron chi connectivity index (χ4n) is 2.04. The van der Waals surface area contributed by atoms with Gasteiger partial charge in [0.05, 0.1) is 11.1 Å². The van der Waals surface area contributed by atoms with E-state index in [4.69, 9.17) is 0 Å². The Morgan fingerprint density at radius 1 is 1.42 bits per heavy atom. The number of thiophene rings is 1. The third kappa shape index (κ3) is 3.53. The second-order valence-corrected chi connectivity index (χ2v) is 6.81. The average Bonchev–Trinajstić information content (AvgIpc) is 2.79. The van der Waals surface area contributed by atoms with Gasteiger partial charge in [0.25, 0.3) is 0 Å². The highest BCUT2D eigenvalue weighted by Gasteiger charge is 2.28. The molecule has 0 amide bonds. The van der Waals surface area contributed by atoms with Gasteiger partial charge < -0.3 is 5.11 Å². The Bertz CT molecular complexity index is 521. The van der Waals surface area contributed by atoms with Crippen molar-refractivity contribution in [2.24, 2.45) is 4.99 Å². The molecule has 0 saturated heterocycles. The lowest BCUT2D eigenvalue weighted by molar-refractivity contribution is -0.116. The molecule has 3 nitrogen and oxygen atoms in total. The fourth-order valence-corrected chi connectivity index (χ4v) is 2.87. The van der Waals surface area contributed by atoms with Crippen LogP contribution in [0.15, 0.2) is 33.8 Å².